The number of ether oxygens (including phenoxy) is 2. The molecule has 198 valence electrons. The lowest BCUT2D eigenvalue weighted by Crippen LogP contribution is -2.78. The fourth-order valence-corrected chi connectivity index (χ4v) is 10.0. The van der Waals surface area contributed by atoms with Crippen LogP contribution in [0.2, 0.25) is 0 Å². The van der Waals surface area contributed by atoms with Gasteiger partial charge in [0.2, 0.25) is 0 Å². The smallest absolute Gasteiger partial charge is 0.334 e. The molecule has 0 spiro atoms. The number of ketones is 1. The van der Waals surface area contributed by atoms with Crippen molar-refractivity contribution in [2.75, 3.05) is 0 Å². The number of aliphatic hydroxyl groups is 3. The third-order valence-corrected chi connectivity index (χ3v) is 12.6. The van der Waals surface area contributed by atoms with Crippen molar-refractivity contribution < 1.29 is 34.4 Å². The lowest BCUT2D eigenvalue weighted by Gasteiger charge is -2.69. The predicted molar refractivity (Wildman–Crippen MR) is 131 cm³/mol. The lowest BCUT2D eigenvalue weighted by atomic mass is 9.41. The molecule has 7 nitrogen and oxygen atoms in total. The largest absolute Gasteiger partial charge is 0.452 e. The molecule has 4 aliphatic carbocycles. The summed E-state index contributed by atoms with van der Waals surface area (Å²) in [6, 6.07) is 0. The number of allylic oxidation sites excluding steroid dienone is 1. The molecule has 6 aliphatic rings. The zero-order valence-corrected chi connectivity index (χ0v) is 22.3. The van der Waals surface area contributed by atoms with E-state index < -0.39 is 57.3 Å². The highest BCUT2D eigenvalue weighted by Crippen LogP contribution is 2.74. The van der Waals surface area contributed by atoms with Crippen LogP contribution in [0, 0.1) is 34.5 Å². The Labute approximate surface area is 216 Å². The van der Waals surface area contributed by atoms with Crippen LogP contribution in [-0.2, 0) is 19.1 Å². The minimum atomic E-state index is -1.78. The van der Waals surface area contributed by atoms with E-state index >= 15 is 0 Å². The van der Waals surface area contributed by atoms with E-state index in [0.717, 1.165) is 5.57 Å². The molecule has 1 saturated heterocycles. The summed E-state index contributed by atoms with van der Waals surface area (Å²) in [6.45, 7) is 9.16. The summed E-state index contributed by atoms with van der Waals surface area (Å²) in [5, 5.41) is 36.0. The van der Waals surface area contributed by atoms with Crippen molar-refractivity contribution >= 4 is 23.4 Å². The van der Waals surface area contributed by atoms with E-state index in [2.05, 4.69) is 0 Å². The molecule has 0 unspecified atom stereocenters. The van der Waals surface area contributed by atoms with Crippen LogP contribution in [0.3, 0.4) is 0 Å². The summed E-state index contributed by atoms with van der Waals surface area (Å²) in [5.41, 5.74) is -3.64. The van der Waals surface area contributed by atoms with Gasteiger partial charge in [0, 0.05) is 17.9 Å². The Kier molecular flexibility index (Phi) is 5.03. The molecule has 0 bridgehead atoms. The predicted octanol–water partition coefficient (Wildman–Crippen LogP) is 3.03. The highest BCUT2D eigenvalue weighted by Gasteiger charge is 2.80. The molecule has 4 fully saturated rings. The van der Waals surface area contributed by atoms with Crippen LogP contribution in [0.25, 0.3) is 0 Å². The molecule has 0 radical (unpaired) electrons. The zero-order chi connectivity index (χ0) is 26.2. The van der Waals surface area contributed by atoms with Crippen molar-refractivity contribution in [2.45, 2.75) is 101 Å². The topological polar surface area (TPSA) is 113 Å². The van der Waals surface area contributed by atoms with Gasteiger partial charge in [-0.1, -0.05) is 19.9 Å². The van der Waals surface area contributed by atoms with Crippen molar-refractivity contribution in [1.29, 1.82) is 0 Å². The van der Waals surface area contributed by atoms with Crippen molar-refractivity contribution in [1.82, 2.24) is 0 Å². The van der Waals surface area contributed by atoms with E-state index in [1.807, 2.05) is 20.8 Å². The molecule has 12 atom stereocenters. The maximum atomic E-state index is 13.5. The molecular weight excluding hydrogens is 484 g/mol. The number of hydrogen-bond acceptors (Lipinski definition) is 7. The first kappa shape index (κ1) is 25.1. The molecule has 0 amide bonds. The first-order chi connectivity index (χ1) is 16.7. The number of rotatable bonds is 1. The number of cyclic esters (lactones) is 1. The second-order valence-electron chi connectivity index (χ2n) is 12.8. The third kappa shape index (κ3) is 2.51. The number of halogens is 1. The van der Waals surface area contributed by atoms with E-state index in [1.54, 1.807) is 19.9 Å². The van der Waals surface area contributed by atoms with Crippen molar-refractivity contribution in [2.24, 2.45) is 34.5 Å². The van der Waals surface area contributed by atoms with Crippen LogP contribution in [0.1, 0.15) is 66.7 Å². The summed E-state index contributed by atoms with van der Waals surface area (Å²) in [4.78, 5) is 25.8. The van der Waals surface area contributed by atoms with Crippen LogP contribution >= 0.6 is 11.6 Å². The molecule has 2 aliphatic heterocycles. The van der Waals surface area contributed by atoms with Gasteiger partial charge in [-0.05, 0) is 75.9 Å². The van der Waals surface area contributed by atoms with Gasteiger partial charge in [-0.2, -0.15) is 0 Å². The summed E-state index contributed by atoms with van der Waals surface area (Å²) in [5.74, 6) is -3.39. The van der Waals surface area contributed by atoms with Crippen LogP contribution < -0.4 is 0 Å². The quantitative estimate of drug-likeness (QED) is 0.360. The minimum Gasteiger partial charge on any atom is -0.452 e. The van der Waals surface area contributed by atoms with Gasteiger partial charge in [-0.15, -0.1) is 11.6 Å². The molecule has 0 aromatic heterocycles. The number of alkyl halides is 1. The maximum Gasteiger partial charge on any atom is 0.334 e. The summed E-state index contributed by atoms with van der Waals surface area (Å²) in [7, 11) is 0. The minimum absolute atomic E-state index is 0.0620. The zero-order valence-electron chi connectivity index (χ0n) is 21.6. The molecule has 3 saturated carbocycles. The second kappa shape index (κ2) is 7.23. The Morgan fingerprint density at radius 1 is 1.08 bits per heavy atom. The molecule has 0 aromatic rings. The lowest BCUT2D eigenvalue weighted by molar-refractivity contribution is -0.417. The molecular formula is C28H37ClO7. The maximum absolute atomic E-state index is 13.5. The Balaban J connectivity index is 1.48. The van der Waals surface area contributed by atoms with Crippen molar-refractivity contribution in [3.05, 3.63) is 23.3 Å². The Morgan fingerprint density at radius 2 is 1.78 bits per heavy atom. The highest BCUT2D eigenvalue weighted by atomic mass is 35.5. The summed E-state index contributed by atoms with van der Waals surface area (Å²) >= 11 is 6.87. The molecule has 36 heavy (non-hydrogen) atoms. The van der Waals surface area contributed by atoms with Gasteiger partial charge in [0.25, 0.3) is 0 Å². The van der Waals surface area contributed by atoms with Gasteiger partial charge in [0.15, 0.2) is 17.7 Å². The molecule has 2 heterocycles. The van der Waals surface area contributed by atoms with Gasteiger partial charge in [-0.3, -0.25) is 4.79 Å². The normalized spacial score (nSPS) is 57.9. The van der Waals surface area contributed by atoms with Gasteiger partial charge in [-0.25, -0.2) is 4.79 Å². The van der Waals surface area contributed by atoms with Gasteiger partial charge >= 0.3 is 5.97 Å². The summed E-state index contributed by atoms with van der Waals surface area (Å²) < 4.78 is 12.3. The summed E-state index contributed by atoms with van der Waals surface area (Å²) in [6.07, 6.45) is 3.75. The van der Waals surface area contributed by atoms with E-state index in [9.17, 15) is 24.9 Å². The number of hydrogen-bond donors (Lipinski definition) is 3. The molecule has 0 aromatic carbocycles. The van der Waals surface area contributed by atoms with E-state index in [-0.39, 0.29) is 36.4 Å². The van der Waals surface area contributed by atoms with E-state index in [1.165, 1.54) is 6.08 Å². The van der Waals surface area contributed by atoms with Crippen molar-refractivity contribution in [3.63, 3.8) is 0 Å². The van der Waals surface area contributed by atoms with Crippen LogP contribution in [0.15, 0.2) is 23.3 Å². The fraction of sp³-hybridized carbons (Fsp3) is 0.786. The van der Waals surface area contributed by atoms with Crippen LogP contribution in [-0.4, -0.2) is 61.6 Å². The highest BCUT2D eigenvalue weighted by molar-refractivity contribution is 6.22. The molecule has 8 heteroatoms. The Bertz CT molecular complexity index is 1120. The van der Waals surface area contributed by atoms with Gasteiger partial charge in [0.05, 0.1) is 27.4 Å². The molecule has 6 rings (SSSR count). The first-order valence-corrected chi connectivity index (χ1v) is 13.7. The number of carbonyl (C=O) groups is 2. The Morgan fingerprint density at radius 3 is 2.42 bits per heavy atom. The van der Waals surface area contributed by atoms with Crippen LogP contribution in [0.4, 0.5) is 0 Å². The number of esters is 1. The Hall–Kier alpha value is -1.25. The van der Waals surface area contributed by atoms with E-state index in [4.69, 9.17) is 21.1 Å². The fourth-order valence-electron chi connectivity index (χ4n) is 9.53. The van der Waals surface area contributed by atoms with Crippen LogP contribution in [0.5, 0.6) is 0 Å². The first-order valence-electron chi connectivity index (χ1n) is 13.3. The SMILES string of the molecule is CC1=C(C)[C@@H]([C@H]2O[C@@]3(O)C[C@H]4[C@@H](C[C@H](Cl)[C@]5(O)CC=CC(=O)[C@]45C)[C@@H]4CC[C@@](O)([C@@H]2C)[C@]43C)OC1=O. The average molecular weight is 521 g/mol. The second-order valence-corrected chi connectivity index (χ2v) is 13.4. The van der Waals surface area contributed by atoms with Gasteiger partial charge < -0.3 is 24.8 Å². The standard InChI is InChI=1S/C28H37ClO7/c1-13-14(2)23(31)35-21(13)22-15(3)26(32)10-8-17-16-11-19(29)27(33)9-6-7-20(30)24(27,4)18(16)12-28(34,36-22)25(17,26)5/h6-7,15-19,21-22,32-34H,8-12H2,1-5H3/t15-,16+,17+,18+,19+,21+,22+,24+,25+,26-,27-,28+/m1/s1. The molecule has 3 N–H and O–H groups in total. The third-order valence-electron chi connectivity index (χ3n) is 12.1. The average Bonchev–Trinajstić information content (AvgIpc) is 3.25. The van der Waals surface area contributed by atoms with E-state index in [0.29, 0.717) is 24.8 Å². The monoisotopic (exact) mass is 520 g/mol. The number of carbonyl (C=O) groups excluding carboxylic acids is 2. The number of fused-ring (bicyclic) bond motifs is 4. The van der Waals surface area contributed by atoms with Gasteiger partial charge in [0.1, 0.15) is 6.10 Å². The van der Waals surface area contributed by atoms with Crippen molar-refractivity contribution in [3.8, 4) is 0 Å².